The molecule has 1 aliphatic heterocycles. The van der Waals surface area contributed by atoms with Gasteiger partial charge in [0.2, 0.25) is 0 Å². The Kier molecular flexibility index (Phi) is 5.74. The maximum atomic E-state index is 12.7. The average Bonchev–Trinajstić information content (AvgIpc) is 3.21. The van der Waals surface area contributed by atoms with Crippen molar-refractivity contribution in [3.63, 3.8) is 0 Å². The van der Waals surface area contributed by atoms with Gasteiger partial charge in [-0.15, -0.1) is 0 Å². The van der Waals surface area contributed by atoms with Crippen molar-refractivity contribution in [1.29, 1.82) is 0 Å². The van der Waals surface area contributed by atoms with E-state index in [0.717, 1.165) is 28.5 Å². The third-order valence-corrected chi connectivity index (χ3v) is 4.90. The van der Waals surface area contributed by atoms with Gasteiger partial charge in [-0.05, 0) is 35.4 Å². The smallest absolute Gasteiger partial charge is 0.315 e. The molecule has 2 aromatic carbocycles. The van der Waals surface area contributed by atoms with E-state index < -0.39 is 6.04 Å². The molecule has 0 radical (unpaired) electrons. The predicted octanol–water partition coefficient (Wildman–Crippen LogP) is 2.79. The summed E-state index contributed by atoms with van der Waals surface area (Å²) in [5.41, 5.74) is 1.83. The molecule has 1 atom stereocenters. The minimum absolute atomic E-state index is 0.297. The third kappa shape index (κ3) is 4.32. The van der Waals surface area contributed by atoms with Gasteiger partial charge >= 0.3 is 6.03 Å². The maximum Gasteiger partial charge on any atom is 0.315 e. The summed E-state index contributed by atoms with van der Waals surface area (Å²) in [7, 11) is 3.52. The molecular weight excluding hydrogens is 384 g/mol. The fourth-order valence-corrected chi connectivity index (χ4v) is 3.31. The molecule has 30 heavy (non-hydrogen) atoms. The molecule has 1 aliphatic rings. The summed E-state index contributed by atoms with van der Waals surface area (Å²) in [6, 6.07) is 12.5. The minimum Gasteiger partial charge on any atom is -0.497 e. The zero-order valence-corrected chi connectivity index (χ0v) is 16.9. The van der Waals surface area contributed by atoms with Crippen molar-refractivity contribution in [2.45, 2.75) is 12.6 Å². The second kappa shape index (κ2) is 8.77. The van der Waals surface area contributed by atoms with Crippen LogP contribution in [0.5, 0.6) is 17.2 Å². The van der Waals surface area contributed by atoms with Crippen molar-refractivity contribution in [2.24, 2.45) is 7.05 Å². The average molecular weight is 408 g/mol. The molecule has 1 unspecified atom stereocenters. The quantitative estimate of drug-likeness (QED) is 0.655. The molecule has 0 aliphatic carbocycles. The van der Waals surface area contributed by atoms with Crippen molar-refractivity contribution in [1.82, 2.24) is 20.2 Å². The lowest BCUT2D eigenvalue weighted by Gasteiger charge is -2.21. The van der Waals surface area contributed by atoms with Gasteiger partial charge in [-0.3, -0.25) is 0 Å². The van der Waals surface area contributed by atoms with Gasteiger partial charge in [0.05, 0.1) is 7.11 Å². The van der Waals surface area contributed by atoms with Crippen LogP contribution in [-0.2, 0) is 13.6 Å². The van der Waals surface area contributed by atoms with Crippen molar-refractivity contribution in [2.75, 3.05) is 20.3 Å². The first-order valence-electron chi connectivity index (χ1n) is 9.68. The van der Waals surface area contributed by atoms with E-state index in [9.17, 15) is 4.79 Å². The zero-order valence-electron chi connectivity index (χ0n) is 16.9. The topological polar surface area (TPSA) is 86.6 Å². The number of nitrogens with one attached hydrogen (secondary N) is 2. The van der Waals surface area contributed by atoms with Crippen LogP contribution >= 0.6 is 0 Å². The normalized spacial score (nSPS) is 13.4. The Bertz CT molecular complexity index is 1020. The lowest BCUT2D eigenvalue weighted by molar-refractivity contribution is 0.171. The van der Waals surface area contributed by atoms with Crippen LogP contribution in [0.25, 0.3) is 0 Å². The van der Waals surface area contributed by atoms with Crippen LogP contribution in [0.1, 0.15) is 23.0 Å². The minimum atomic E-state index is -0.406. The molecule has 0 spiro atoms. The van der Waals surface area contributed by atoms with Crippen LogP contribution in [0.4, 0.5) is 4.79 Å². The summed E-state index contributed by atoms with van der Waals surface area (Å²) in [5.74, 6) is 2.91. The summed E-state index contributed by atoms with van der Waals surface area (Å²) in [4.78, 5) is 17.1. The Labute approximate surface area is 174 Å². The second-order valence-electron chi connectivity index (χ2n) is 6.91. The number of fused-ring (bicyclic) bond motifs is 1. The Morgan fingerprint density at radius 3 is 2.63 bits per heavy atom. The molecule has 1 aromatic heterocycles. The van der Waals surface area contributed by atoms with Crippen LogP contribution in [0, 0.1) is 0 Å². The number of methoxy groups -OCH3 is 1. The number of rotatable bonds is 6. The number of amides is 2. The molecule has 0 fully saturated rings. The summed E-state index contributed by atoms with van der Waals surface area (Å²) in [6.45, 7) is 1.43. The molecule has 0 saturated heterocycles. The largest absolute Gasteiger partial charge is 0.497 e. The Hall–Kier alpha value is -3.68. The number of imidazole rings is 1. The molecule has 0 saturated carbocycles. The predicted molar refractivity (Wildman–Crippen MR) is 111 cm³/mol. The van der Waals surface area contributed by atoms with Crippen molar-refractivity contribution in [3.05, 3.63) is 71.8 Å². The van der Waals surface area contributed by atoms with Crippen molar-refractivity contribution < 1.29 is 19.0 Å². The van der Waals surface area contributed by atoms with Crippen LogP contribution < -0.4 is 24.8 Å². The number of hydrogen-bond acceptors (Lipinski definition) is 5. The van der Waals surface area contributed by atoms with E-state index in [-0.39, 0.29) is 6.03 Å². The van der Waals surface area contributed by atoms with Crippen LogP contribution in [0.3, 0.4) is 0 Å². The number of nitrogens with zero attached hydrogens (tertiary/aromatic N) is 2. The van der Waals surface area contributed by atoms with Crippen LogP contribution in [0.2, 0.25) is 0 Å². The summed E-state index contributed by atoms with van der Waals surface area (Å²) in [6.07, 6.45) is 3.56. The Morgan fingerprint density at radius 2 is 1.93 bits per heavy atom. The SMILES string of the molecule is COc1ccc(C(NC(=O)NCc2ccc3c(c2)OCCO3)c2nccn2C)cc1. The number of ether oxygens (including phenoxy) is 3. The first-order valence-corrected chi connectivity index (χ1v) is 9.68. The number of carbonyl (C=O) groups excluding carboxylic acids is 1. The van der Waals surface area contributed by atoms with E-state index in [2.05, 4.69) is 15.6 Å². The van der Waals surface area contributed by atoms with Crippen molar-refractivity contribution in [3.8, 4) is 17.2 Å². The number of urea groups is 1. The molecule has 2 N–H and O–H groups in total. The van der Waals surface area contributed by atoms with E-state index in [0.29, 0.717) is 25.5 Å². The molecule has 4 rings (SSSR count). The van der Waals surface area contributed by atoms with Crippen LogP contribution in [-0.4, -0.2) is 35.9 Å². The number of benzene rings is 2. The van der Waals surface area contributed by atoms with Gasteiger partial charge in [-0.1, -0.05) is 18.2 Å². The first kappa shape index (κ1) is 19.6. The van der Waals surface area contributed by atoms with E-state index in [1.54, 1.807) is 13.3 Å². The lowest BCUT2D eigenvalue weighted by Crippen LogP contribution is -2.38. The van der Waals surface area contributed by atoms with Gasteiger partial charge in [0.1, 0.15) is 30.8 Å². The highest BCUT2D eigenvalue weighted by Crippen LogP contribution is 2.30. The van der Waals surface area contributed by atoms with Gasteiger partial charge in [0.25, 0.3) is 0 Å². The molecule has 2 amide bonds. The van der Waals surface area contributed by atoms with E-state index >= 15 is 0 Å². The second-order valence-corrected chi connectivity index (χ2v) is 6.91. The number of aryl methyl sites for hydroxylation is 1. The van der Waals surface area contributed by atoms with E-state index in [1.807, 2.05) is 60.3 Å². The first-order chi connectivity index (χ1) is 14.6. The molecule has 2 heterocycles. The molecule has 8 heteroatoms. The van der Waals surface area contributed by atoms with Gasteiger partial charge in [-0.2, -0.15) is 0 Å². The highest BCUT2D eigenvalue weighted by atomic mass is 16.6. The molecule has 0 bridgehead atoms. The Balaban J connectivity index is 1.46. The highest BCUT2D eigenvalue weighted by molar-refractivity contribution is 5.75. The van der Waals surface area contributed by atoms with E-state index in [1.165, 1.54) is 0 Å². The van der Waals surface area contributed by atoms with Gasteiger partial charge in [0.15, 0.2) is 11.5 Å². The fourth-order valence-electron chi connectivity index (χ4n) is 3.31. The van der Waals surface area contributed by atoms with Crippen molar-refractivity contribution >= 4 is 6.03 Å². The van der Waals surface area contributed by atoms with Gasteiger partial charge < -0.3 is 29.4 Å². The van der Waals surface area contributed by atoms with E-state index in [4.69, 9.17) is 14.2 Å². The summed E-state index contributed by atoms with van der Waals surface area (Å²) < 4.78 is 18.2. The maximum absolute atomic E-state index is 12.7. The monoisotopic (exact) mass is 408 g/mol. The molecular formula is C22H24N4O4. The molecule has 8 nitrogen and oxygen atoms in total. The summed E-state index contributed by atoms with van der Waals surface area (Å²) >= 11 is 0. The Morgan fingerprint density at radius 1 is 1.17 bits per heavy atom. The third-order valence-electron chi connectivity index (χ3n) is 4.90. The standard InChI is InChI=1S/C22H24N4O4/c1-26-10-9-23-21(26)20(16-4-6-17(28-2)7-5-16)25-22(27)24-14-15-3-8-18-19(13-15)30-12-11-29-18/h3-10,13,20H,11-12,14H2,1-2H3,(H2,24,25,27). The van der Waals surface area contributed by atoms with Crippen LogP contribution in [0.15, 0.2) is 54.9 Å². The number of aromatic nitrogens is 2. The number of hydrogen-bond donors (Lipinski definition) is 2. The highest BCUT2D eigenvalue weighted by Gasteiger charge is 2.21. The molecule has 156 valence electrons. The lowest BCUT2D eigenvalue weighted by atomic mass is 10.1. The fraction of sp³-hybridized carbons (Fsp3) is 0.273. The summed E-state index contributed by atoms with van der Waals surface area (Å²) in [5, 5.41) is 5.92. The number of carbonyl (C=O) groups is 1. The van der Waals surface area contributed by atoms with Gasteiger partial charge in [-0.25, -0.2) is 9.78 Å². The molecule has 3 aromatic rings. The van der Waals surface area contributed by atoms with Gasteiger partial charge in [0, 0.05) is 26.0 Å². The zero-order chi connectivity index (χ0) is 20.9.